The molecule has 180 valence electrons. The molecular formula is C27H33N3O4. The maximum Gasteiger partial charge on any atom is 0.312 e. The lowest BCUT2D eigenvalue weighted by molar-refractivity contribution is -0.119. The zero-order valence-electron chi connectivity index (χ0n) is 19.6. The predicted octanol–water partition coefficient (Wildman–Crippen LogP) is 4.85. The summed E-state index contributed by atoms with van der Waals surface area (Å²) in [6.45, 7) is 0.638. The Bertz CT molecular complexity index is 1090. The van der Waals surface area contributed by atoms with Gasteiger partial charge >= 0.3 is 5.91 Å². The van der Waals surface area contributed by atoms with E-state index in [-0.39, 0.29) is 11.1 Å². The zero-order valence-corrected chi connectivity index (χ0v) is 19.6. The number of pyridine rings is 1. The van der Waals surface area contributed by atoms with Crippen molar-refractivity contribution in [2.45, 2.75) is 83.2 Å². The molecule has 2 amide bonds. The first-order chi connectivity index (χ1) is 16.6. The number of aryl methyl sites for hydroxylation is 1. The molecule has 4 rings (SSSR count). The third-order valence-electron chi connectivity index (χ3n) is 7.26. The molecule has 2 aliphatic rings. The maximum absolute atomic E-state index is 13.6. The third kappa shape index (κ3) is 5.51. The Morgan fingerprint density at radius 3 is 2.35 bits per heavy atom. The van der Waals surface area contributed by atoms with Gasteiger partial charge in [-0.25, -0.2) is 0 Å². The fourth-order valence-corrected chi connectivity index (χ4v) is 5.41. The molecule has 7 nitrogen and oxygen atoms in total. The Morgan fingerprint density at radius 2 is 1.65 bits per heavy atom. The van der Waals surface area contributed by atoms with E-state index >= 15 is 0 Å². The number of carbonyl (C=O) groups is 2. The molecule has 2 aromatic rings. The van der Waals surface area contributed by atoms with E-state index in [0.29, 0.717) is 18.0 Å². The highest BCUT2D eigenvalue weighted by atomic mass is 16.3. The van der Waals surface area contributed by atoms with Crippen molar-refractivity contribution in [3.05, 3.63) is 74.0 Å². The SMILES string of the molecule is O=NC(=O)[C@H](NC(=O)c1cc2c(n(CC3CCCCC3)c1=O)CCCCCC2)c1ccccc1. The normalized spacial score (nSPS) is 17.6. The fraction of sp³-hybridized carbons (Fsp3) is 0.519. The van der Waals surface area contributed by atoms with Gasteiger partial charge in [0, 0.05) is 17.4 Å². The average Bonchev–Trinajstić information content (AvgIpc) is 2.85. The molecule has 0 unspecified atom stereocenters. The van der Waals surface area contributed by atoms with E-state index < -0.39 is 17.9 Å². The summed E-state index contributed by atoms with van der Waals surface area (Å²) in [4.78, 5) is 50.2. The van der Waals surface area contributed by atoms with Crippen LogP contribution < -0.4 is 10.9 Å². The highest BCUT2D eigenvalue weighted by Gasteiger charge is 2.27. The Kier molecular flexibility index (Phi) is 8.03. The molecule has 0 spiro atoms. The van der Waals surface area contributed by atoms with Crippen LogP contribution in [0.25, 0.3) is 0 Å². The number of nitrogens with one attached hydrogen (secondary N) is 1. The molecule has 1 N–H and O–H groups in total. The van der Waals surface area contributed by atoms with Gasteiger partial charge in [-0.1, -0.05) is 62.4 Å². The van der Waals surface area contributed by atoms with Gasteiger partial charge in [0.15, 0.2) is 0 Å². The molecule has 34 heavy (non-hydrogen) atoms. The lowest BCUT2D eigenvalue weighted by atomic mass is 9.88. The van der Waals surface area contributed by atoms with Gasteiger partial charge in [0.05, 0.1) is 0 Å². The van der Waals surface area contributed by atoms with Crippen molar-refractivity contribution in [1.82, 2.24) is 9.88 Å². The number of hydrogen-bond acceptors (Lipinski definition) is 4. The van der Waals surface area contributed by atoms with E-state index in [0.717, 1.165) is 62.6 Å². The summed E-state index contributed by atoms with van der Waals surface area (Å²) in [5.74, 6) is -1.19. The zero-order chi connectivity index (χ0) is 23.9. The van der Waals surface area contributed by atoms with Gasteiger partial charge in [0.2, 0.25) is 0 Å². The minimum atomic E-state index is -1.22. The maximum atomic E-state index is 13.6. The quantitative estimate of drug-likeness (QED) is 0.619. The molecule has 1 fully saturated rings. The summed E-state index contributed by atoms with van der Waals surface area (Å²) in [5, 5.41) is 5.15. The van der Waals surface area contributed by atoms with Crippen LogP contribution in [-0.2, 0) is 24.2 Å². The van der Waals surface area contributed by atoms with Crippen LogP contribution in [0.2, 0.25) is 0 Å². The van der Waals surface area contributed by atoms with Crippen molar-refractivity contribution in [1.29, 1.82) is 0 Å². The van der Waals surface area contributed by atoms with Crippen LogP contribution in [-0.4, -0.2) is 16.4 Å². The molecule has 1 aromatic carbocycles. The van der Waals surface area contributed by atoms with Crippen LogP contribution in [0.15, 0.2) is 46.4 Å². The van der Waals surface area contributed by atoms with Crippen LogP contribution in [0.1, 0.15) is 91.0 Å². The molecule has 1 atom stereocenters. The van der Waals surface area contributed by atoms with Crippen molar-refractivity contribution in [2.24, 2.45) is 11.1 Å². The second-order valence-electron chi connectivity index (χ2n) is 9.61. The minimum Gasteiger partial charge on any atom is -0.336 e. The number of carbonyl (C=O) groups excluding carboxylic acids is 2. The standard InChI is InChI=1S/C27H33N3O4/c31-25(28-24(26(32)29-34)20-13-8-4-9-14-20)22-17-21-15-7-1-2-10-16-23(21)30(27(22)33)18-19-11-5-3-6-12-19/h4,8-9,13-14,17,19,24H,1-3,5-7,10-12,15-16,18H2,(H,28,31)/t24-/m1/s1. The highest BCUT2D eigenvalue weighted by molar-refractivity contribution is 5.98. The lowest BCUT2D eigenvalue weighted by Gasteiger charge is -2.27. The van der Waals surface area contributed by atoms with E-state index in [1.807, 2.05) is 4.57 Å². The van der Waals surface area contributed by atoms with Gasteiger partial charge in [0.1, 0.15) is 11.6 Å². The average molecular weight is 464 g/mol. The topological polar surface area (TPSA) is 97.6 Å². The highest BCUT2D eigenvalue weighted by Crippen LogP contribution is 2.27. The number of hydrogen-bond donors (Lipinski definition) is 1. The number of fused-ring (bicyclic) bond motifs is 1. The van der Waals surface area contributed by atoms with Crippen molar-refractivity contribution in [3.8, 4) is 0 Å². The van der Waals surface area contributed by atoms with E-state index in [2.05, 4.69) is 10.5 Å². The molecule has 2 aliphatic carbocycles. The molecule has 1 aromatic heterocycles. The predicted molar refractivity (Wildman–Crippen MR) is 131 cm³/mol. The minimum absolute atomic E-state index is 0.0368. The monoisotopic (exact) mass is 463 g/mol. The third-order valence-corrected chi connectivity index (χ3v) is 7.26. The smallest absolute Gasteiger partial charge is 0.312 e. The van der Waals surface area contributed by atoms with Crippen molar-refractivity contribution < 1.29 is 9.59 Å². The van der Waals surface area contributed by atoms with Gasteiger partial charge in [-0.3, -0.25) is 14.4 Å². The molecule has 0 bridgehead atoms. The Hall–Kier alpha value is -3.09. The van der Waals surface area contributed by atoms with E-state index in [1.54, 1.807) is 36.4 Å². The molecule has 0 radical (unpaired) electrons. The number of rotatable bonds is 6. The van der Waals surface area contributed by atoms with Crippen LogP contribution in [0.3, 0.4) is 0 Å². The number of nitrogens with zero attached hydrogens (tertiary/aromatic N) is 2. The van der Waals surface area contributed by atoms with Gasteiger partial charge in [0.25, 0.3) is 11.5 Å². The van der Waals surface area contributed by atoms with Crippen molar-refractivity contribution in [2.75, 3.05) is 0 Å². The first-order valence-corrected chi connectivity index (χ1v) is 12.6. The molecule has 0 aliphatic heterocycles. The summed E-state index contributed by atoms with van der Waals surface area (Å²) >= 11 is 0. The van der Waals surface area contributed by atoms with Gasteiger partial charge < -0.3 is 9.88 Å². The van der Waals surface area contributed by atoms with E-state index in [4.69, 9.17) is 0 Å². The van der Waals surface area contributed by atoms with Gasteiger partial charge in [-0.15, -0.1) is 4.91 Å². The van der Waals surface area contributed by atoms with E-state index in [9.17, 15) is 19.3 Å². The molecule has 0 saturated heterocycles. The second-order valence-corrected chi connectivity index (χ2v) is 9.61. The largest absolute Gasteiger partial charge is 0.336 e. The Labute approximate surface area is 199 Å². The summed E-state index contributed by atoms with van der Waals surface area (Å²) in [7, 11) is 0. The summed E-state index contributed by atoms with van der Waals surface area (Å²) < 4.78 is 1.85. The van der Waals surface area contributed by atoms with Crippen LogP contribution in [0.4, 0.5) is 0 Å². The Morgan fingerprint density at radius 1 is 0.971 bits per heavy atom. The van der Waals surface area contributed by atoms with Crippen LogP contribution >= 0.6 is 0 Å². The van der Waals surface area contributed by atoms with Crippen LogP contribution in [0.5, 0.6) is 0 Å². The van der Waals surface area contributed by atoms with Crippen LogP contribution in [0, 0.1) is 10.8 Å². The molecule has 7 heteroatoms. The van der Waals surface area contributed by atoms with Crippen molar-refractivity contribution in [3.63, 3.8) is 0 Å². The van der Waals surface area contributed by atoms with E-state index in [1.165, 1.54) is 19.3 Å². The number of benzene rings is 1. The summed E-state index contributed by atoms with van der Waals surface area (Å²) in [6.07, 6.45) is 11.8. The van der Waals surface area contributed by atoms with Gasteiger partial charge in [-0.05, 0) is 61.6 Å². The first-order valence-electron chi connectivity index (χ1n) is 12.6. The Balaban J connectivity index is 1.71. The number of amides is 2. The first kappa shape index (κ1) is 24.0. The van der Waals surface area contributed by atoms with Crippen molar-refractivity contribution >= 4 is 11.8 Å². The number of nitroso groups, excluding NO2 is 1. The molecular weight excluding hydrogens is 430 g/mol. The molecule has 1 heterocycles. The fourth-order valence-electron chi connectivity index (χ4n) is 5.41. The van der Waals surface area contributed by atoms with Gasteiger partial charge in [-0.2, -0.15) is 0 Å². The molecule has 1 saturated carbocycles. The second kappa shape index (κ2) is 11.4. The lowest BCUT2D eigenvalue weighted by Crippen LogP contribution is -2.39. The summed E-state index contributed by atoms with van der Waals surface area (Å²) in [6, 6.07) is 9.01. The number of aromatic nitrogens is 1. The summed E-state index contributed by atoms with van der Waals surface area (Å²) in [5.41, 5.74) is 2.30.